The van der Waals surface area contributed by atoms with Crippen LogP contribution in [0.25, 0.3) is 0 Å². The van der Waals surface area contributed by atoms with Gasteiger partial charge in [-0.3, -0.25) is 9.59 Å². The van der Waals surface area contributed by atoms with Gasteiger partial charge in [0.2, 0.25) is 6.29 Å². The molecule has 3 aliphatic rings. The average molecular weight is 437 g/mol. The van der Waals surface area contributed by atoms with Crippen LogP contribution >= 0.6 is 0 Å². The highest BCUT2D eigenvalue weighted by atomic mass is 16.8. The van der Waals surface area contributed by atoms with Gasteiger partial charge in [-0.05, 0) is 0 Å². The van der Waals surface area contributed by atoms with Crippen LogP contribution in [0, 0.1) is 0 Å². The number of hydrogen-bond donors (Lipinski definition) is 7. The minimum Gasteiger partial charge on any atom is -0.394 e. The fraction of sp³-hybridized carbons (Fsp3) is 0.750. The Morgan fingerprint density at radius 1 is 0.767 bits per heavy atom. The summed E-state index contributed by atoms with van der Waals surface area (Å²) in [5.41, 5.74) is 0. The van der Waals surface area contributed by atoms with Crippen molar-refractivity contribution >= 4 is 11.8 Å². The molecule has 0 aliphatic carbocycles. The third kappa shape index (κ3) is 4.25. The maximum absolute atomic E-state index is 11.6. The van der Waals surface area contributed by atoms with Gasteiger partial charge in [-0.1, -0.05) is 0 Å². The molecule has 14 nitrogen and oxygen atoms in total. The van der Waals surface area contributed by atoms with Gasteiger partial charge in [-0.25, -0.2) is 4.84 Å². The predicted molar refractivity (Wildman–Crippen MR) is 88.5 cm³/mol. The van der Waals surface area contributed by atoms with E-state index in [1.54, 1.807) is 0 Å². The molecule has 0 aromatic heterocycles. The summed E-state index contributed by atoms with van der Waals surface area (Å²) in [5.74, 6) is -1.68. The molecular formula is C16H23NO13. The standard InChI is InChI=1S/C16H23NO13/c18-3-5-9(22)10(23)12(25)15(27-5)29-14-6(4-19)28-16(13(26)11(14)24)30-17-7(20)1-2-8(17)21/h1-2,5-6,9-16,18-19,22-26H,3-4H2/t5-,6-,9-,10+,11-,12-,13-,14-,15-,16+/m1/s1. The molecule has 0 spiro atoms. The van der Waals surface area contributed by atoms with E-state index >= 15 is 0 Å². The number of ether oxygens (including phenoxy) is 3. The highest BCUT2D eigenvalue weighted by Gasteiger charge is 2.51. The molecule has 0 aromatic carbocycles. The first-order valence-corrected chi connectivity index (χ1v) is 9.01. The Labute approximate surface area is 169 Å². The van der Waals surface area contributed by atoms with Crippen LogP contribution in [0.5, 0.6) is 0 Å². The van der Waals surface area contributed by atoms with Gasteiger partial charge in [0.15, 0.2) is 6.29 Å². The number of hydrogen-bond acceptors (Lipinski definition) is 13. The normalized spacial score (nSPS) is 44.7. The van der Waals surface area contributed by atoms with Crippen molar-refractivity contribution < 1.29 is 64.4 Å². The van der Waals surface area contributed by atoms with Gasteiger partial charge in [0, 0.05) is 12.2 Å². The number of aliphatic hydroxyl groups excluding tert-OH is 7. The lowest BCUT2D eigenvalue weighted by Crippen LogP contribution is -2.65. The van der Waals surface area contributed by atoms with Crippen LogP contribution in [-0.4, -0.2) is 127 Å². The van der Waals surface area contributed by atoms with Crippen molar-refractivity contribution in [1.29, 1.82) is 0 Å². The maximum atomic E-state index is 11.6. The molecule has 2 amide bonds. The summed E-state index contributed by atoms with van der Waals surface area (Å²) in [6.45, 7) is -1.51. The Bertz CT molecular complexity index is 652. The monoisotopic (exact) mass is 437 g/mol. The number of hydroxylamine groups is 2. The van der Waals surface area contributed by atoms with E-state index < -0.39 is 86.4 Å². The van der Waals surface area contributed by atoms with E-state index in [9.17, 15) is 45.3 Å². The lowest BCUT2D eigenvalue weighted by Gasteiger charge is -2.46. The van der Waals surface area contributed by atoms with Gasteiger partial charge in [-0.15, -0.1) is 5.06 Å². The number of imide groups is 1. The predicted octanol–water partition coefficient (Wildman–Crippen LogP) is -5.53. The Balaban J connectivity index is 1.70. The summed E-state index contributed by atoms with van der Waals surface area (Å²) in [5, 5.41) is 69.5. The third-order valence-corrected chi connectivity index (χ3v) is 4.94. The number of carbonyl (C=O) groups is 2. The first kappa shape index (κ1) is 23.1. The smallest absolute Gasteiger partial charge is 0.278 e. The summed E-state index contributed by atoms with van der Waals surface area (Å²) in [4.78, 5) is 28.2. The third-order valence-electron chi connectivity index (χ3n) is 4.94. The summed E-state index contributed by atoms with van der Waals surface area (Å²) in [7, 11) is 0. The van der Waals surface area contributed by atoms with Crippen LogP contribution < -0.4 is 0 Å². The van der Waals surface area contributed by atoms with Crippen molar-refractivity contribution in [2.24, 2.45) is 0 Å². The largest absolute Gasteiger partial charge is 0.394 e. The molecule has 0 saturated carbocycles. The minimum atomic E-state index is -1.87. The summed E-state index contributed by atoms with van der Waals surface area (Å²) < 4.78 is 15.8. The number of nitrogens with zero attached hydrogens (tertiary/aromatic N) is 1. The Morgan fingerprint density at radius 2 is 1.30 bits per heavy atom. The van der Waals surface area contributed by atoms with Gasteiger partial charge in [0.05, 0.1) is 13.2 Å². The van der Waals surface area contributed by atoms with Gasteiger partial charge in [-0.2, -0.15) is 0 Å². The van der Waals surface area contributed by atoms with Crippen molar-refractivity contribution in [3.8, 4) is 0 Å². The Hall–Kier alpha value is -1.56. The molecule has 3 heterocycles. The summed E-state index contributed by atoms with van der Waals surface area (Å²) in [6, 6.07) is 0. The van der Waals surface area contributed by atoms with Crippen molar-refractivity contribution in [2.75, 3.05) is 13.2 Å². The topological polar surface area (TPSA) is 216 Å². The van der Waals surface area contributed by atoms with Crippen molar-refractivity contribution in [1.82, 2.24) is 5.06 Å². The van der Waals surface area contributed by atoms with E-state index in [0.29, 0.717) is 5.06 Å². The van der Waals surface area contributed by atoms with Crippen molar-refractivity contribution in [2.45, 2.75) is 61.4 Å². The molecule has 3 rings (SSSR count). The number of amides is 2. The Kier molecular flexibility index (Phi) is 7.16. The van der Waals surface area contributed by atoms with Gasteiger partial charge >= 0.3 is 0 Å². The molecule has 170 valence electrons. The molecular weight excluding hydrogens is 414 g/mol. The second-order valence-electron chi connectivity index (χ2n) is 6.91. The first-order chi connectivity index (χ1) is 14.2. The maximum Gasteiger partial charge on any atom is 0.278 e. The molecule has 7 N–H and O–H groups in total. The van der Waals surface area contributed by atoms with E-state index in [1.165, 1.54) is 0 Å². The minimum absolute atomic E-state index is 0.299. The van der Waals surface area contributed by atoms with Crippen LogP contribution in [-0.2, 0) is 28.6 Å². The van der Waals surface area contributed by atoms with Crippen molar-refractivity contribution in [3.05, 3.63) is 12.2 Å². The zero-order valence-corrected chi connectivity index (χ0v) is 15.4. The van der Waals surface area contributed by atoms with Gasteiger partial charge < -0.3 is 50.0 Å². The van der Waals surface area contributed by atoms with E-state index in [4.69, 9.17) is 19.0 Å². The van der Waals surface area contributed by atoms with E-state index in [1.807, 2.05) is 0 Å². The van der Waals surface area contributed by atoms with Crippen LogP contribution in [0.1, 0.15) is 0 Å². The molecule has 2 saturated heterocycles. The molecule has 30 heavy (non-hydrogen) atoms. The first-order valence-electron chi connectivity index (χ1n) is 9.01. The highest BCUT2D eigenvalue weighted by Crippen LogP contribution is 2.30. The molecule has 14 heteroatoms. The average Bonchev–Trinajstić information content (AvgIpc) is 3.05. The lowest BCUT2D eigenvalue weighted by molar-refractivity contribution is -0.375. The fourth-order valence-corrected chi connectivity index (χ4v) is 3.24. The van der Waals surface area contributed by atoms with Crippen LogP contribution in [0.4, 0.5) is 0 Å². The second kappa shape index (κ2) is 9.29. The molecule has 0 bridgehead atoms. The second-order valence-corrected chi connectivity index (χ2v) is 6.91. The zero-order valence-electron chi connectivity index (χ0n) is 15.4. The summed E-state index contributed by atoms with van der Waals surface area (Å²) >= 11 is 0. The number of carbonyl (C=O) groups excluding carboxylic acids is 2. The lowest BCUT2D eigenvalue weighted by atomic mass is 9.97. The highest BCUT2D eigenvalue weighted by molar-refractivity contribution is 6.11. The van der Waals surface area contributed by atoms with Crippen molar-refractivity contribution in [3.63, 3.8) is 0 Å². The zero-order chi connectivity index (χ0) is 22.2. The van der Waals surface area contributed by atoms with Crippen LogP contribution in [0.3, 0.4) is 0 Å². The molecule has 10 atom stereocenters. The van der Waals surface area contributed by atoms with E-state index in [2.05, 4.69) is 0 Å². The van der Waals surface area contributed by atoms with Gasteiger partial charge in [0.25, 0.3) is 11.8 Å². The van der Waals surface area contributed by atoms with E-state index in [-0.39, 0.29) is 0 Å². The number of rotatable bonds is 6. The Morgan fingerprint density at radius 3 is 1.87 bits per heavy atom. The SMILES string of the molecule is O=C1C=CC(=O)N1O[C@@H]1O[C@H](CO)[C@@H](O[C@H]2O[C@H](CO)[C@@H](O)[C@H](O)[C@H]2O)[C@H](O)[C@H]1O. The van der Waals surface area contributed by atoms with E-state index in [0.717, 1.165) is 12.2 Å². The summed E-state index contributed by atoms with van der Waals surface area (Å²) in [6.07, 6.45) is -14.7. The fourth-order valence-electron chi connectivity index (χ4n) is 3.24. The quantitative estimate of drug-likeness (QED) is 0.193. The number of aliphatic hydroxyl groups is 7. The molecule has 0 aromatic rings. The molecule has 0 radical (unpaired) electrons. The van der Waals surface area contributed by atoms with Crippen LogP contribution in [0.15, 0.2) is 12.2 Å². The van der Waals surface area contributed by atoms with Gasteiger partial charge in [0.1, 0.15) is 48.8 Å². The molecule has 2 fully saturated rings. The molecule has 0 unspecified atom stereocenters. The van der Waals surface area contributed by atoms with Crippen LogP contribution in [0.2, 0.25) is 0 Å². The molecule has 3 aliphatic heterocycles.